The molecule has 0 unspecified atom stereocenters. The SMILES string of the molecule is CC(=O)N1CCc2cc(S(=O)(=O)N[C@H]3CN(C)C[C@@H]3C)ccc21. The molecule has 23 heavy (non-hydrogen) atoms. The molecular formula is C16H23N3O3S. The molecule has 1 aromatic carbocycles. The molecule has 0 spiro atoms. The van der Waals surface area contributed by atoms with Gasteiger partial charge < -0.3 is 9.80 Å². The van der Waals surface area contributed by atoms with E-state index in [-0.39, 0.29) is 22.8 Å². The van der Waals surface area contributed by atoms with Crippen LogP contribution in [0, 0.1) is 5.92 Å². The van der Waals surface area contributed by atoms with Crippen molar-refractivity contribution in [3.8, 4) is 0 Å². The number of nitrogens with zero attached hydrogens (tertiary/aromatic N) is 2. The molecule has 1 saturated heterocycles. The number of likely N-dealkylation sites (tertiary alicyclic amines) is 1. The van der Waals surface area contributed by atoms with E-state index >= 15 is 0 Å². The van der Waals surface area contributed by atoms with E-state index < -0.39 is 10.0 Å². The fourth-order valence-electron chi connectivity index (χ4n) is 3.50. The molecule has 0 bridgehead atoms. The number of rotatable bonds is 3. The number of fused-ring (bicyclic) bond motifs is 1. The Hall–Kier alpha value is -1.44. The minimum Gasteiger partial charge on any atom is -0.312 e. The Kier molecular flexibility index (Phi) is 4.20. The highest BCUT2D eigenvalue weighted by Crippen LogP contribution is 2.30. The second-order valence-corrected chi connectivity index (χ2v) is 8.35. The van der Waals surface area contributed by atoms with Crippen molar-refractivity contribution >= 4 is 21.6 Å². The van der Waals surface area contributed by atoms with E-state index in [9.17, 15) is 13.2 Å². The van der Waals surface area contributed by atoms with Crippen LogP contribution in [0.2, 0.25) is 0 Å². The van der Waals surface area contributed by atoms with Gasteiger partial charge >= 0.3 is 0 Å². The van der Waals surface area contributed by atoms with Crippen LogP contribution in [0.15, 0.2) is 23.1 Å². The maximum absolute atomic E-state index is 12.6. The molecule has 2 aliphatic rings. The van der Waals surface area contributed by atoms with Crippen LogP contribution in [0.3, 0.4) is 0 Å². The van der Waals surface area contributed by atoms with Crippen molar-refractivity contribution in [3.63, 3.8) is 0 Å². The number of likely N-dealkylation sites (N-methyl/N-ethyl adjacent to an activating group) is 1. The summed E-state index contributed by atoms with van der Waals surface area (Å²) in [5.41, 5.74) is 1.74. The molecule has 0 aromatic heterocycles. The average molecular weight is 337 g/mol. The molecule has 6 nitrogen and oxygen atoms in total. The minimum atomic E-state index is -3.54. The van der Waals surface area contributed by atoms with E-state index in [1.54, 1.807) is 23.1 Å². The number of hydrogen-bond acceptors (Lipinski definition) is 4. The van der Waals surface area contributed by atoms with Gasteiger partial charge in [-0.3, -0.25) is 4.79 Å². The van der Waals surface area contributed by atoms with Crippen molar-refractivity contribution in [1.29, 1.82) is 0 Å². The lowest BCUT2D eigenvalue weighted by molar-refractivity contribution is -0.116. The van der Waals surface area contributed by atoms with Crippen molar-refractivity contribution in [2.24, 2.45) is 5.92 Å². The zero-order chi connectivity index (χ0) is 16.8. The number of carbonyl (C=O) groups excluding carboxylic acids is 1. The molecule has 0 radical (unpaired) electrons. The third kappa shape index (κ3) is 3.13. The van der Waals surface area contributed by atoms with Gasteiger partial charge in [0.1, 0.15) is 0 Å². The van der Waals surface area contributed by atoms with E-state index in [2.05, 4.69) is 16.5 Å². The summed E-state index contributed by atoms with van der Waals surface area (Å²) in [7, 11) is -1.54. The Morgan fingerprint density at radius 1 is 1.30 bits per heavy atom. The van der Waals surface area contributed by atoms with Crippen LogP contribution in [0.4, 0.5) is 5.69 Å². The van der Waals surface area contributed by atoms with Crippen molar-refractivity contribution in [3.05, 3.63) is 23.8 Å². The van der Waals surface area contributed by atoms with Gasteiger partial charge in [0.2, 0.25) is 15.9 Å². The van der Waals surface area contributed by atoms with Crippen LogP contribution in [-0.2, 0) is 21.2 Å². The number of benzene rings is 1. The van der Waals surface area contributed by atoms with Crippen molar-refractivity contribution in [2.75, 3.05) is 31.6 Å². The highest BCUT2D eigenvalue weighted by Gasteiger charge is 2.32. The monoisotopic (exact) mass is 337 g/mol. The van der Waals surface area contributed by atoms with Gasteiger partial charge in [0.15, 0.2) is 0 Å². The summed E-state index contributed by atoms with van der Waals surface area (Å²) in [6, 6.07) is 4.96. The molecule has 2 aliphatic heterocycles. The number of anilines is 1. The molecule has 2 heterocycles. The van der Waals surface area contributed by atoms with Crippen molar-refractivity contribution in [1.82, 2.24) is 9.62 Å². The molecule has 3 rings (SSSR count). The number of hydrogen-bond donors (Lipinski definition) is 1. The number of sulfonamides is 1. The lowest BCUT2D eigenvalue weighted by atomic mass is 10.1. The Morgan fingerprint density at radius 2 is 2.04 bits per heavy atom. The summed E-state index contributed by atoms with van der Waals surface area (Å²) in [5.74, 6) is 0.276. The fourth-order valence-corrected chi connectivity index (χ4v) is 4.89. The Bertz CT molecular complexity index is 732. The standard InChI is InChI=1S/C16H23N3O3S/c1-11-9-18(3)10-15(11)17-23(21,22)14-4-5-16-13(8-14)6-7-19(16)12(2)20/h4-5,8,11,15,17H,6-7,9-10H2,1-3H3/t11-,15-/m0/s1. The molecule has 0 saturated carbocycles. The molecule has 1 amide bonds. The molecule has 1 fully saturated rings. The van der Waals surface area contributed by atoms with Crippen LogP contribution >= 0.6 is 0 Å². The molecule has 7 heteroatoms. The van der Waals surface area contributed by atoms with E-state index in [0.29, 0.717) is 13.0 Å². The van der Waals surface area contributed by atoms with E-state index in [4.69, 9.17) is 0 Å². The van der Waals surface area contributed by atoms with Crippen molar-refractivity contribution < 1.29 is 13.2 Å². The zero-order valence-electron chi connectivity index (χ0n) is 13.7. The molecule has 2 atom stereocenters. The predicted octanol–water partition coefficient (Wildman–Crippen LogP) is 0.824. The van der Waals surface area contributed by atoms with Crippen LogP contribution in [0.1, 0.15) is 19.4 Å². The first-order chi connectivity index (χ1) is 10.8. The summed E-state index contributed by atoms with van der Waals surface area (Å²) in [4.78, 5) is 15.7. The second-order valence-electron chi connectivity index (χ2n) is 6.64. The van der Waals surface area contributed by atoms with Gasteiger partial charge in [0.05, 0.1) is 4.90 Å². The van der Waals surface area contributed by atoms with Gasteiger partial charge in [-0.15, -0.1) is 0 Å². The summed E-state index contributed by atoms with van der Waals surface area (Å²) in [6.45, 7) is 5.82. The molecule has 1 aromatic rings. The smallest absolute Gasteiger partial charge is 0.240 e. The Morgan fingerprint density at radius 3 is 2.65 bits per heavy atom. The summed E-state index contributed by atoms with van der Waals surface area (Å²) >= 11 is 0. The van der Waals surface area contributed by atoms with Crippen LogP contribution in [0.25, 0.3) is 0 Å². The lowest BCUT2D eigenvalue weighted by Crippen LogP contribution is -2.39. The van der Waals surface area contributed by atoms with Crippen LogP contribution in [-0.4, -0.2) is 51.9 Å². The second kappa shape index (κ2) is 5.89. The largest absolute Gasteiger partial charge is 0.312 e. The molecule has 0 aliphatic carbocycles. The van der Waals surface area contributed by atoms with E-state index in [1.807, 2.05) is 7.05 Å². The molecule has 126 valence electrons. The van der Waals surface area contributed by atoms with Gasteiger partial charge in [0, 0.05) is 38.3 Å². The first-order valence-corrected chi connectivity index (χ1v) is 9.38. The number of amides is 1. The van der Waals surface area contributed by atoms with Crippen LogP contribution in [0.5, 0.6) is 0 Å². The zero-order valence-corrected chi connectivity index (χ0v) is 14.6. The topological polar surface area (TPSA) is 69.7 Å². The van der Waals surface area contributed by atoms with Gasteiger partial charge in [-0.05, 0) is 43.1 Å². The highest BCUT2D eigenvalue weighted by atomic mass is 32.2. The first kappa shape index (κ1) is 16.4. The molecule has 1 N–H and O–H groups in total. The summed E-state index contributed by atoms with van der Waals surface area (Å²) in [6.07, 6.45) is 0.695. The summed E-state index contributed by atoms with van der Waals surface area (Å²) < 4.78 is 28.1. The normalized spacial score (nSPS) is 24.9. The number of nitrogens with one attached hydrogen (secondary N) is 1. The highest BCUT2D eigenvalue weighted by molar-refractivity contribution is 7.89. The van der Waals surface area contributed by atoms with Gasteiger partial charge in [-0.1, -0.05) is 6.92 Å². The number of carbonyl (C=O) groups is 1. The van der Waals surface area contributed by atoms with Crippen LogP contribution < -0.4 is 9.62 Å². The third-order valence-corrected chi connectivity index (χ3v) is 6.23. The van der Waals surface area contributed by atoms with Crippen molar-refractivity contribution in [2.45, 2.75) is 31.2 Å². The predicted molar refractivity (Wildman–Crippen MR) is 88.9 cm³/mol. The Labute approximate surface area is 137 Å². The van der Waals surface area contributed by atoms with Gasteiger partial charge in [-0.2, -0.15) is 0 Å². The maximum Gasteiger partial charge on any atom is 0.240 e. The fraction of sp³-hybridized carbons (Fsp3) is 0.562. The van der Waals surface area contributed by atoms with E-state index in [0.717, 1.165) is 24.3 Å². The van der Waals surface area contributed by atoms with Gasteiger partial charge in [0.25, 0.3) is 0 Å². The minimum absolute atomic E-state index is 0.0136. The lowest BCUT2D eigenvalue weighted by Gasteiger charge is -2.18. The Balaban J connectivity index is 1.83. The quantitative estimate of drug-likeness (QED) is 0.887. The summed E-state index contributed by atoms with van der Waals surface area (Å²) in [5, 5.41) is 0. The first-order valence-electron chi connectivity index (χ1n) is 7.90. The molecular weight excluding hydrogens is 314 g/mol. The van der Waals surface area contributed by atoms with E-state index in [1.165, 1.54) is 6.92 Å². The van der Waals surface area contributed by atoms with Gasteiger partial charge in [-0.25, -0.2) is 13.1 Å². The average Bonchev–Trinajstić information content (AvgIpc) is 3.01. The maximum atomic E-state index is 12.6. The third-order valence-electron chi connectivity index (χ3n) is 4.74.